The molecule has 1 atom stereocenters. The Labute approximate surface area is 97.9 Å². The van der Waals surface area contributed by atoms with Gasteiger partial charge in [0.1, 0.15) is 0 Å². The summed E-state index contributed by atoms with van der Waals surface area (Å²) in [6, 6.07) is 4.28. The van der Waals surface area contributed by atoms with Crippen molar-refractivity contribution < 1.29 is 0 Å². The highest BCUT2D eigenvalue weighted by molar-refractivity contribution is 5.13. The standard InChI is InChI=1S/C13H21N3/c1-11-3-4-12(8-15-11)9-16-6-5-13(10-16)7-14-2/h3-4,8,13-14H,5-7,9-10H2,1-2H3. The van der Waals surface area contributed by atoms with Gasteiger partial charge < -0.3 is 5.32 Å². The van der Waals surface area contributed by atoms with Crippen molar-refractivity contribution in [2.24, 2.45) is 5.92 Å². The monoisotopic (exact) mass is 219 g/mol. The van der Waals surface area contributed by atoms with E-state index in [2.05, 4.69) is 27.3 Å². The van der Waals surface area contributed by atoms with Gasteiger partial charge in [0.15, 0.2) is 0 Å². The predicted molar refractivity (Wildman–Crippen MR) is 66.3 cm³/mol. The van der Waals surface area contributed by atoms with Crippen LogP contribution in [-0.2, 0) is 6.54 Å². The van der Waals surface area contributed by atoms with E-state index < -0.39 is 0 Å². The summed E-state index contributed by atoms with van der Waals surface area (Å²) in [6.07, 6.45) is 3.32. The first-order valence-electron chi connectivity index (χ1n) is 6.06. The van der Waals surface area contributed by atoms with E-state index in [1.54, 1.807) is 0 Å². The van der Waals surface area contributed by atoms with E-state index in [1.807, 2.05) is 20.2 Å². The molecule has 16 heavy (non-hydrogen) atoms. The molecule has 0 saturated carbocycles. The second kappa shape index (κ2) is 5.41. The van der Waals surface area contributed by atoms with Gasteiger partial charge in [0.25, 0.3) is 0 Å². The van der Waals surface area contributed by atoms with Gasteiger partial charge in [-0.2, -0.15) is 0 Å². The van der Waals surface area contributed by atoms with E-state index in [0.717, 1.165) is 24.7 Å². The van der Waals surface area contributed by atoms with Gasteiger partial charge >= 0.3 is 0 Å². The molecule has 1 aromatic heterocycles. The second-order valence-electron chi connectivity index (χ2n) is 4.76. The van der Waals surface area contributed by atoms with Crippen molar-refractivity contribution in [3.63, 3.8) is 0 Å². The lowest BCUT2D eigenvalue weighted by Gasteiger charge is -2.15. The summed E-state index contributed by atoms with van der Waals surface area (Å²) in [7, 11) is 2.03. The largest absolute Gasteiger partial charge is 0.319 e. The highest BCUT2D eigenvalue weighted by atomic mass is 15.1. The second-order valence-corrected chi connectivity index (χ2v) is 4.76. The number of aromatic nitrogens is 1. The van der Waals surface area contributed by atoms with Gasteiger partial charge in [-0.25, -0.2) is 0 Å². The van der Waals surface area contributed by atoms with E-state index in [4.69, 9.17) is 0 Å². The minimum Gasteiger partial charge on any atom is -0.319 e. The molecular formula is C13H21N3. The van der Waals surface area contributed by atoms with Gasteiger partial charge in [0.05, 0.1) is 0 Å². The fourth-order valence-corrected chi connectivity index (χ4v) is 2.36. The zero-order chi connectivity index (χ0) is 11.4. The SMILES string of the molecule is CNCC1CCN(Cc2ccc(C)nc2)C1. The summed E-state index contributed by atoms with van der Waals surface area (Å²) >= 11 is 0. The molecule has 1 aromatic rings. The van der Waals surface area contributed by atoms with Crippen molar-refractivity contribution >= 4 is 0 Å². The quantitative estimate of drug-likeness (QED) is 0.830. The first-order valence-corrected chi connectivity index (χ1v) is 6.06. The zero-order valence-corrected chi connectivity index (χ0v) is 10.2. The number of aryl methyl sites for hydroxylation is 1. The molecule has 1 aliphatic rings. The number of hydrogen-bond acceptors (Lipinski definition) is 3. The Hall–Kier alpha value is -0.930. The van der Waals surface area contributed by atoms with E-state index >= 15 is 0 Å². The first-order chi connectivity index (χ1) is 7.78. The predicted octanol–water partition coefficient (Wildman–Crippen LogP) is 1.43. The van der Waals surface area contributed by atoms with Gasteiger partial charge in [-0.3, -0.25) is 9.88 Å². The minimum atomic E-state index is 0.823. The molecule has 1 saturated heterocycles. The highest BCUT2D eigenvalue weighted by Gasteiger charge is 2.21. The molecule has 1 N–H and O–H groups in total. The molecule has 3 nitrogen and oxygen atoms in total. The van der Waals surface area contributed by atoms with E-state index in [9.17, 15) is 0 Å². The number of likely N-dealkylation sites (tertiary alicyclic amines) is 1. The lowest BCUT2D eigenvalue weighted by atomic mass is 10.1. The van der Waals surface area contributed by atoms with E-state index in [1.165, 1.54) is 25.1 Å². The summed E-state index contributed by atoms with van der Waals surface area (Å²) < 4.78 is 0. The smallest absolute Gasteiger partial charge is 0.0372 e. The molecule has 1 unspecified atom stereocenters. The van der Waals surface area contributed by atoms with Crippen molar-refractivity contribution in [2.45, 2.75) is 19.9 Å². The number of rotatable bonds is 4. The van der Waals surface area contributed by atoms with Crippen LogP contribution in [0.2, 0.25) is 0 Å². The van der Waals surface area contributed by atoms with Crippen LogP contribution < -0.4 is 5.32 Å². The van der Waals surface area contributed by atoms with Crippen molar-refractivity contribution in [2.75, 3.05) is 26.7 Å². The average Bonchev–Trinajstić information content (AvgIpc) is 2.70. The Morgan fingerprint density at radius 2 is 2.38 bits per heavy atom. The zero-order valence-electron chi connectivity index (χ0n) is 10.2. The summed E-state index contributed by atoms with van der Waals surface area (Å²) in [5.41, 5.74) is 2.42. The van der Waals surface area contributed by atoms with Crippen LogP contribution in [0.4, 0.5) is 0 Å². The summed E-state index contributed by atoms with van der Waals surface area (Å²) in [4.78, 5) is 6.86. The van der Waals surface area contributed by atoms with Crippen LogP contribution in [0.5, 0.6) is 0 Å². The number of nitrogens with one attached hydrogen (secondary N) is 1. The maximum atomic E-state index is 4.34. The van der Waals surface area contributed by atoms with Crippen LogP contribution in [-0.4, -0.2) is 36.6 Å². The van der Waals surface area contributed by atoms with Crippen molar-refractivity contribution in [1.82, 2.24) is 15.2 Å². The molecule has 88 valence electrons. The van der Waals surface area contributed by atoms with Gasteiger partial charge in [0.2, 0.25) is 0 Å². The summed E-state index contributed by atoms with van der Waals surface area (Å²) in [6.45, 7) is 6.66. The number of pyridine rings is 1. The molecule has 0 aromatic carbocycles. The normalized spacial score (nSPS) is 21.5. The molecule has 0 bridgehead atoms. The third-order valence-electron chi connectivity index (χ3n) is 3.24. The van der Waals surface area contributed by atoms with Crippen molar-refractivity contribution in [3.8, 4) is 0 Å². The molecule has 0 amide bonds. The van der Waals surface area contributed by atoms with Crippen LogP contribution >= 0.6 is 0 Å². The van der Waals surface area contributed by atoms with Crippen LogP contribution in [0, 0.1) is 12.8 Å². The lowest BCUT2D eigenvalue weighted by molar-refractivity contribution is 0.315. The van der Waals surface area contributed by atoms with Crippen molar-refractivity contribution in [1.29, 1.82) is 0 Å². The molecule has 1 aliphatic heterocycles. The first kappa shape index (κ1) is 11.6. The number of hydrogen-bond donors (Lipinski definition) is 1. The fraction of sp³-hybridized carbons (Fsp3) is 0.615. The average molecular weight is 219 g/mol. The molecule has 1 fully saturated rings. The lowest BCUT2D eigenvalue weighted by Crippen LogP contribution is -2.24. The Kier molecular flexibility index (Phi) is 3.91. The molecule has 0 spiro atoms. The maximum absolute atomic E-state index is 4.34. The van der Waals surface area contributed by atoms with Gasteiger partial charge in [0, 0.05) is 25.0 Å². The van der Waals surface area contributed by atoms with Crippen LogP contribution in [0.1, 0.15) is 17.7 Å². The van der Waals surface area contributed by atoms with Gasteiger partial charge in [-0.15, -0.1) is 0 Å². The van der Waals surface area contributed by atoms with Gasteiger partial charge in [-0.1, -0.05) is 6.07 Å². The maximum Gasteiger partial charge on any atom is 0.0372 e. The fourth-order valence-electron chi connectivity index (χ4n) is 2.36. The van der Waals surface area contributed by atoms with E-state index in [-0.39, 0.29) is 0 Å². The van der Waals surface area contributed by atoms with Crippen LogP contribution in [0.15, 0.2) is 18.3 Å². The summed E-state index contributed by atoms with van der Waals surface area (Å²) in [5, 5.41) is 3.26. The third-order valence-corrected chi connectivity index (χ3v) is 3.24. The van der Waals surface area contributed by atoms with Crippen LogP contribution in [0.25, 0.3) is 0 Å². The molecule has 2 rings (SSSR count). The molecular weight excluding hydrogens is 198 g/mol. The molecule has 3 heteroatoms. The molecule has 0 radical (unpaired) electrons. The topological polar surface area (TPSA) is 28.2 Å². The third kappa shape index (κ3) is 3.03. The summed E-state index contributed by atoms with van der Waals surface area (Å²) in [5.74, 6) is 0.823. The van der Waals surface area contributed by atoms with Gasteiger partial charge in [-0.05, 0) is 51.0 Å². The Balaban J connectivity index is 1.84. The minimum absolute atomic E-state index is 0.823. The Morgan fingerprint density at radius 3 is 3.06 bits per heavy atom. The van der Waals surface area contributed by atoms with Crippen LogP contribution in [0.3, 0.4) is 0 Å². The number of nitrogens with zero attached hydrogens (tertiary/aromatic N) is 2. The van der Waals surface area contributed by atoms with Crippen molar-refractivity contribution in [3.05, 3.63) is 29.6 Å². The molecule has 0 aliphatic carbocycles. The molecule has 2 heterocycles. The highest BCUT2D eigenvalue weighted by Crippen LogP contribution is 2.17. The Bertz CT molecular complexity index is 320. The Morgan fingerprint density at radius 1 is 1.50 bits per heavy atom. The van der Waals surface area contributed by atoms with E-state index in [0.29, 0.717) is 0 Å².